The average Bonchev–Trinajstić information content (AvgIpc) is 2.85. The lowest BCUT2D eigenvalue weighted by Crippen LogP contribution is -2.40. The number of imide groups is 1. The van der Waals surface area contributed by atoms with Crippen molar-refractivity contribution >= 4 is 40.4 Å². The van der Waals surface area contributed by atoms with Crippen LogP contribution in [0.1, 0.15) is 32.4 Å². The molecule has 6 nitrogen and oxygen atoms in total. The van der Waals surface area contributed by atoms with Gasteiger partial charge in [-0.3, -0.25) is 14.5 Å². The highest BCUT2D eigenvalue weighted by Gasteiger charge is 2.43. The SMILES string of the molecule is CC(NC(=O)CSCCN1C(=O)NC(C)(C)C1=O)c1ccc2ccccc2c1. The first-order chi connectivity index (χ1) is 13.3. The van der Waals surface area contributed by atoms with Crippen LogP contribution in [0.15, 0.2) is 42.5 Å². The number of carbonyl (C=O) groups is 3. The van der Waals surface area contributed by atoms with Crippen LogP contribution in [-0.2, 0) is 9.59 Å². The minimum Gasteiger partial charge on any atom is -0.349 e. The molecular formula is C21H25N3O3S. The predicted octanol–water partition coefficient (Wildman–Crippen LogP) is 3.08. The van der Waals surface area contributed by atoms with E-state index in [1.807, 2.05) is 25.1 Å². The van der Waals surface area contributed by atoms with Crippen molar-refractivity contribution in [3.05, 3.63) is 48.0 Å². The molecule has 0 bridgehead atoms. The van der Waals surface area contributed by atoms with Gasteiger partial charge in [0.2, 0.25) is 5.91 Å². The van der Waals surface area contributed by atoms with Gasteiger partial charge in [-0.1, -0.05) is 36.4 Å². The molecule has 7 heteroatoms. The van der Waals surface area contributed by atoms with Gasteiger partial charge in [0.05, 0.1) is 11.8 Å². The fourth-order valence-electron chi connectivity index (χ4n) is 3.19. The van der Waals surface area contributed by atoms with Crippen molar-refractivity contribution in [3.63, 3.8) is 0 Å². The van der Waals surface area contributed by atoms with Gasteiger partial charge in [0.1, 0.15) is 5.54 Å². The number of nitrogens with zero attached hydrogens (tertiary/aromatic N) is 1. The number of urea groups is 1. The van der Waals surface area contributed by atoms with Gasteiger partial charge in [0.25, 0.3) is 5.91 Å². The molecule has 2 aromatic carbocycles. The first-order valence-electron chi connectivity index (χ1n) is 9.28. The number of nitrogens with one attached hydrogen (secondary N) is 2. The van der Waals surface area contributed by atoms with Crippen LogP contribution >= 0.6 is 11.8 Å². The Hall–Kier alpha value is -2.54. The molecule has 0 saturated carbocycles. The number of carbonyl (C=O) groups excluding carboxylic acids is 3. The van der Waals surface area contributed by atoms with Crippen molar-refractivity contribution in [2.24, 2.45) is 0 Å². The molecule has 1 aliphatic heterocycles. The highest BCUT2D eigenvalue weighted by Crippen LogP contribution is 2.21. The van der Waals surface area contributed by atoms with Gasteiger partial charge in [0, 0.05) is 12.3 Å². The highest BCUT2D eigenvalue weighted by molar-refractivity contribution is 7.99. The summed E-state index contributed by atoms with van der Waals surface area (Å²) in [5, 5.41) is 7.96. The molecule has 148 valence electrons. The van der Waals surface area contributed by atoms with Crippen molar-refractivity contribution in [2.45, 2.75) is 32.4 Å². The number of benzene rings is 2. The maximum atomic E-state index is 12.2. The largest absolute Gasteiger partial charge is 0.349 e. The van der Waals surface area contributed by atoms with Gasteiger partial charge < -0.3 is 10.6 Å². The summed E-state index contributed by atoms with van der Waals surface area (Å²) in [6.45, 7) is 5.62. The molecule has 28 heavy (non-hydrogen) atoms. The molecule has 1 fully saturated rings. The van der Waals surface area contributed by atoms with Crippen LogP contribution in [0.4, 0.5) is 4.79 Å². The summed E-state index contributed by atoms with van der Waals surface area (Å²) >= 11 is 1.41. The molecule has 0 radical (unpaired) electrons. The molecule has 2 N–H and O–H groups in total. The van der Waals surface area contributed by atoms with E-state index in [0.29, 0.717) is 12.3 Å². The van der Waals surface area contributed by atoms with Crippen LogP contribution in [0.2, 0.25) is 0 Å². The Kier molecular flexibility index (Phi) is 5.93. The van der Waals surface area contributed by atoms with E-state index in [2.05, 4.69) is 34.9 Å². The Morgan fingerprint density at radius 1 is 1.18 bits per heavy atom. The Bertz CT molecular complexity index is 913. The number of amides is 4. The van der Waals surface area contributed by atoms with Crippen LogP contribution in [0, 0.1) is 0 Å². The molecule has 1 heterocycles. The van der Waals surface area contributed by atoms with Crippen LogP contribution in [0.25, 0.3) is 10.8 Å². The van der Waals surface area contributed by atoms with Gasteiger partial charge in [0.15, 0.2) is 0 Å². The second kappa shape index (κ2) is 8.22. The Morgan fingerprint density at radius 2 is 1.89 bits per heavy atom. The van der Waals surface area contributed by atoms with Crippen molar-refractivity contribution in [1.82, 2.24) is 15.5 Å². The Balaban J connectivity index is 1.45. The van der Waals surface area contributed by atoms with E-state index >= 15 is 0 Å². The van der Waals surface area contributed by atoms with Crippen molar-refractivity contribution < 1.29 is 14.4 Å². The molecule has 1 aliphatic rings. The lowest BCUT2D eigenvalue weighted by atomic mass is 10.0. The number of hydrogen-bond donors (Lipinski definition) is 2. The van der Waals surface area contributed by atoms with Crippen molar-refractivity contribution in [3.8, 4) is 0 Å². The van der Waals surface area contributed by atoms with E-state index in [4.69, 9.17) is 0 Å². The number of fused-ring (bicyclic) bond motifs is 1. The minimum absolute atomic E-state index is 0.0665. The van der Waals surface area contributed by atoms with E-state index in [1.165, 1.54) is 22.0 Å². The molecule has 1 unspecified atom stereocenters. The van der Waals surface area contributed by atoms with Gasteiger partial charge in [-0.05, 0) is 43.2 Å². The third kappa shape index (κ3) is 4.47. The normalized spacial score (nSPS) is 16.9. The summed E-state index contributed by atoms with van der Waals surface area (Å²) in [7, 11) is 0. The van der Waals surface area contributed by atoms with Crippen LogP contribution in [-0.4, -0.2) is 46.3 Å². The summed E-state index contributed by atoms with van der Waals surface area (Å²) in [6, 6.07) is 13.8. The Morgan fingerprint density at radius 3 is 2.57 bits per heavy atom. The summed E-state index contributed by atoms with van der Waals surface area (Å²) in [4.78, 5) is 37.4. The van der Waals surface area contributed by atoms with E-state index in [-0.39, 0.29) is 29.6 Å². The van der Waals surface area contributed by atoms with Gasteiger partial charge in [-0.2, -0.15) is 11.8 Å². The number of hydrogen-bond acceptors (Lipinski definition) is 4. The van der Waals surface area contributed by atoms with Crippen molar-refractivity contribution in [2.75, 3.05) is 18.1 Å². The first-order valence-corrected chi connectivity index (χ1v) is 10.4. The third-order valence-electron chi connectivity index (χ3n) is 4.79. The monoisotopic (exact) mass is 399 g/mol. The topological polar surface area (TPSA) is 78.5 Å². The lowest BCUT2D eigenvalue weighted by molar-refractivity contribution is -0.130. The smallest absolute Gasteiger partial charge is 0.325 e. The summed E-state index contributed by atoms with van der Waals surface area (Å²) in [5.74, 6) is 0.508. The fourth-order valence-corrected chi connectivity index (χ4v) is 3.91. The molecule has 1 atom stereocenters. The molecule has 0 aromatic heterocycles. The molecule has 0 spiro atoms. The first kappa shape index (κ1) is 20.2. The third-order valence-corrected chi connectivity index (χ3v) is 5.73. The predicted molar refractivity (Wildman–Crippen MR) is 112 cm³/mol. The molecular weight excluding hydrogens is 374 g/mol. The molecule has 2 aromatic rings. The van der Waals surface area contributed by atoms with Crippen LogP contribution < -0.4 is 10.6 Å². The second-order valence-electron chi connectivity index (χ2n) is 7.46. The van der Waals surface area contributed by atoms with Crippen molar-refractivity contribution in [1.29, 1.82) is 0 Å². The molecule has 1 saturated heterocycles. The highest BCUT2D eigenvalue weighted by atomic mass is 32.2. The van der Waals surface area contributed by atoms with E-state index in [0.717, 1.165) is 10.9 Å². The summed E-state index contributed by atoms with van der Waals surface area (Å²) < 4.78 is 0. The zero-order valence-electron chi connectivity index (χ0n) is 16.3. The lowest BCUT2D eigenvalue weighted by Gasteiger charge is -2.16. The maximum Gasteiger partial charge on any atom is 0.325 e. The van der Waals surface area contributed by atoms with E-state index < -0.39 is 5.54 Å². The van der Waals surface area contributed by atoms with Crippen LogP contribution in [0.3, 0.4) is 0 Å². The number of rotatable bonds is 7. The number of thioether (sulfide) groups is 1. The van der Waals surface area contributed by atoms with Gasteiger partial charge >= 0.3 is 6.03 Å². The summed E-state index contributed by atoms with van der Waals surface area (Å²) in [5.41, 5.74) is 0.202. The average molecular weight is 400 g/mol. The Labute approximate surface area is 169 Å². The molecule has 3 rings (SSSR count). The van der Waals surface area contributed by atoms with Gasteiger partial charge in [-0.15, -0.1) is 0 Å². The standard InChI is InChI=1S/C21H25N3O3S/c1-14(16-9-8-15-6-4-5-7-17(15)12-16)22-18(25)13-28-11-10-24-19(26)21(2,3)23-20(24)27/h4-9,12,14H,10-11,13H2,1-3H3,(H,22,25)(H,23,27). The zero-order valence-corrected chi connectivity index (χ0v) is 17.1. The molecule has 0 aliphatic carbocycles. The zero-order chi connectivity index (χ0) is 20.3. The summed E-state index contributed by atoms with van der Waals surface area (Å²) in [6.07, 6.45) is 0. The minimum atomic E-state index is -0.853. The maximum absolute atomic E-state index is 12.2. The van der Waals surface area contributed by atoms with E-state index in [1.54, 1.807) is 13.8 Å². The fraction of sp³-hybridized carbons (Fsp3) is 0.381. The quantitative estimate of drug-likeness (QED) is 0.554. The van der Waals surface area contributed by atoms with E-state index in [9.17, 15) is 14.4 Å². The molecule has 4 amide bonds. The van der Waals surface area contributed by atoms with Gasteiger partial charge in [-0.25, -0.2) is 4.79 Å². The second-order valence-corrected chi connectivity index (χ2v) is 8.57. The van der Waals surface area contributed by atoms with Crippen LogP contribution in [0.5, 0.6) is 0 Å².